The van der Waals surface area contributed by atoms with Gasteiger partial charge < -0.3 is 9.64 Å². The highest BCUT2D eigenvalue weighted by Crippen LogP contribution is 2.35. The van der Waals surface area contributed by atoms with E-state index in [-0.39, 0.29) is 5.75 Å². The SMILES string of the molecule is CC=Nc1ccc(Oc2c(F)ccc(F)c2C#N)cc1N(C)C. The lowest BCUT2D eigenvalue weighted by atomic mass is 10.2. The Hall–Kier alpha value is -2.94. The third kappa shape index (κ3) is 3.46. The quantitative estimate of drug-likeness (QED) is 0.785. The van der Waals surface area contributed by atoms with Crippen LogP contribution < -0.4 is 9.64 Å². The van der Waals surface area contributed by atoms with E-state index in [1.807, 2.05) is 19.0 Å². The smallest absolute Gasteiger partial charge is 0.183 e. The van der Waals surface area contributed by atoms with Gasteiger partial charge >= 0.3 is 0 Å². The number of anilines is 1. The van der Waals surface area contributed by atoms with Crippen LogP contribution >= 0.6 is 0 Å². The summed E-state index contributed by atoms with van der Waals surface area (Å²) < 4.78 is 32.9. The molecule has 0 unspecified atom stereocenters. The lowest BCUT2D eigenvalue weighted by molar-refractivity contribution is 0.434. The van der Waals surface area contributed by atoms with Crippen molar-refractivity contribution in [2.24, 2.45) is 4.99 Å². The summed E-state index contributed by atoms with van der Waals surface area (Å²) in [6.07, 6.45) is 1.66. The first kappa shape index (κ1) is 16.4. The van der Waals surface area contributed by atoms with Gasteiger partial charge in [-0.2, -0.15) is 5.26 Å². The highest BCUT2D eigenvalue weighted by atomic mass is 19.1. The van der Waals surface area contributed by atoms with E-state index >= 15 is 0 Å². The van der Waals surface area contributed by atoms with E-state index in [9.17, 15) is 8.78 Å². The fourth-order valence-electron chi connectivity index (χ4n) is 2.03. The normalized spacial score (nSPS) is 10.6. The maximum absolute atomic E-state index is 13.9. The van der Waals surface area contributed by atoms with Crippen molar-refractivity contribution in [3.05, 3.63) is 47.5 Å². The number of nitrogens with zero attached hydrogens (tertiary/aromatic N) is 3. The molecular formula is C17H15F2N3O. The molecule has 0 saturated heterocycles. The van der Waals surface area contributed by atoms with Gasteiger partial charge in [0.2, 0.25) is 0 Å². The van der Waals surface area contributed by atoms with Gasteiger partial charge in [-0.3, -0.25) is 4.99 Å². The molecule has 0 bridgehead atoms. The highest BCUT2D eigenvalue weighted by Gasteiger charge is 2.17. The number of hydrogen-bond donors (Lipinski definition) is 0. The monoisotopic (exact) mass is 315 g/mol. The summed E-state index contributed by atoms with van der Waals surface area (Å²) in [4.78, 5) is 6.05. The average Bonchev–Trinajstić information content (AvgIpc) is 2.52. The predicted octanol–water partition coefficient (Wildman–Crippen LogP) is 4.42. The predicted molar refractivity (Wildman–Crippen MR) is 85.7 cm³/mol. The molecule has 0 spiro atoms. The third-order valence-electron chi connectivity index (χ3n) is 3.09. The summed E-state index contributed by atoms with van der Waals surface area (Å²) in [6.45, 7) is 1.80. The molecule has 4 nitrogen and oxygen atoms in total. The molecule has 0 amide bonds. The molecule has 2 rings (SSSR count). The van der Waals surface area contributed by atoms with E-state index in [1.54, 1.807) is 37.4 Å². The first-order valence-corrected chi connectivity index (χ1v) is 6.84. The summed E-state index contributed by atoms with van der Waals surface area (Å²) >= 11 is 0. The zero-order valence-electron chi connectivity index (χ0n) is 13.0. The second-order valence-corrected chi connectivity index (χ2v) is 4.88. The number of ether oxygens (including phenoxy) is 1. The minimum Gasteiger partial charge on any atom is -0.453 e. The van der Waals surface area contributed by atoms with Crippen molar-refractivity contribution in [3.63, 3.8) is 0 Å². The Kier molecular flexibility index (Phi) is 4.91. The van der Waals surface area contributed by atoms with E-state index in [0.29, 0.717) is 5.69 Å². The summed E-state index contributed by atoms with van der Waals surface area (Å²) in [7, 11) is 3.66. The Labute approximate surface area is 133 Å². The molecule has 0 atom stereocenters. The molecule has 0 aliphatic heterocycles. The zero-order chi connectivity index (χ0) is 17.0. The number of hydrogen-bond acceptors (Lipinski definition) is 4. The van der Waals surface area contributed by atoms with Gasteiger partial charge in [0.05, 0.1) is 11.4 Å². The van der Waals surface area contributed by atoms with Gasteiger partial charge in [0, 0.05) is 26.4 Å². The molecule has 2 aromatic rings. The van der Waals surface area contributed by atoms with Crippen LogP contribution in [0.15, 0.2) is 35.3 Å². The molecule has 0 aliphatic carbocycles. The largest absolute Gasteiger partial charge is 0.453 e. The van der Waals surface area contributed by atoms with Gasteiger partial charge in [0.1, 0.15) is 23.2 Å². The molecule has 0 heterocycles. The second kappa shape index (κ2) is 6.88. The van der Waals surface area contributed by atoms with Gasteiger partial charge in [0.15, 0.2) is 11.6 Å². The second-order valence-electron chi connectivity index (χ2n) is 4.88. The molecule has 0 fully saturated rings. The van der Waals surface area contributed by atoms with Crippen LogP contribution in [0.3, 0.4) is 0 Å². The summed E-state index contributed by atoms with van der Waals surface area (Å²) in [5.74, 6) is -1.78. The number of benzene rings is 2. The molecule has 0 aliphatic rings. The summed E-state index contributed by atoms with van der Waals surface area (Å²) in [5.41, 5.74) is 0.994. The minimum atomic E-state index is -0.830. The zero-order valence-corrected chi connectivity index (χ0v) is 13.0. The molecule has 6 heteroatoms. The first-order valence-electron chi connectivity index (χ1n) is 6.84. The molecule has 0 aromatic heterocycles. The van der Waals surface area contributed by atoms with Crippen LogP contribution in [0.2, 0.25) is 0 Å². The van der Waals surface area contributed by atoms with Crippen LogP contribution in [-0.2, 0) is 0 Å². The molecule has 0 N–H and O–H groups in total. The van der Waals surface area contributed by atoms with Gasteiger partial charge in [-0.15, -0.1) is 0 Å². The van der Waals surface area contributed by atoms with E-state index in [1.165, 1.54) is 0 Å². The minimum absolute atomic E-state index is 0.282. The molecular weight excluding hydrogens is 300 g/mol. The maximum atomic E-state index is 13.9. The van der Waals surface area contributed by atoms with E-state index in [0.717, 1.165) is 17.8 Å². The van der Waals surface area contributed by atoms with Gasteiger partial charge in [0.25, 0.3) is 0 Å². The number of rotatable bonds is 4. The van der Waals surface area contributed by atoms with Crippen molar-refractivity contribution in [1.82, 2.24) is 0 Å². The van der Waals surface area contributed by atoms with Crippen molar-refractivity contribution < 1.29 is 13.5 Å². The Balaban J connectivity index is 2.48. The van der Waals surface area contributed by atoms with Gasteiger partial charge in [-0.05, 0) is 31.2 Å². The van der Waals surface area contributed by atoms with Gasteiger partial charge in [-0.1, -0.05) is 0 Å². The van der Waals surface area contributed by atoms with Crippen molar-refractivity contribution in [2.75, 3.05) is 19.0 Å². The fraction of sp³-hybridized carbons (Fsp3) is 0.176. The van der Waals surface area contributed by atoms with Crippen molar-refractivity contribution in [2.45, 2.75) is 6.92 Å². The van der Waals surface area contributed by atoms with Crippen molar-refractivity contribution in [1.29, 1.82) is 5.26 Å². The lowest BCUT2D eigenvalue weighted by Gasteiger charge is -2.17. The van der Waals surface area contributed by atoms with Crippen LogP contribution in [-0.4, -0.2) is 20.3 Å². The Morgan fingerprint density at radius 2 is 1.87 bits per heavy atom. The Morgan fingerprint density at radius 1 is 1.17 bits per heavy atom. The summed E-state index contributed by atoms with van der Waals surface area (Å²) in [5, 5.41) is 8.99. The molecule has 2 aromatic carbocycles. The van der Waals surface area contributed by atoms with Crippen LogP contribution in [0.5, 0.6) is 11.5 Å². The van der Waals surface area contributed by atoms with Crippen LogP contribution in [0.4, 0.5) is 20.2 Å². The highest BCUT2D eigenvalue weighted by molar-refractivity contribution is 5.73. The molecule has 118 valence electrons. The van der Waals surface area contributed by atoms with E-state index < -0.39 is 22.9 Å². The van der Waals surface area contributed by atoms with Crippen molar-refractivity contribution in [3.8, 4) is 17.6 Å². The maximum Gasteiger partial charge on any atom is 0.183 e. The third-order valence-corrected chi connectivity index (χ3v) is 3.09. The molecule has 23 heavy (non-hydrogen) atoms. The van der Waals surface area contributed by atoms with Crippen LogP contribution in [0.25, 0.3) is 0 Å². The molecule has 0 radical (unpaired) electrons. The number of halogens is 2. The number of nitriles is 1. The van der Waals surface area contributed by atoms with Gasteiger partial charge in [-0.25, -0.2) is 8.78 Å². The topological polar surface area (TPSA) is 48.6 Å². The van der Waals surface area contributed by atoms with Crippen molar-refractivity contribution >= 4 is 17.6 Å². The van der Waals surface area contributed by atoms with E-state index in [2.05, 4.69) is 4.99 Å². The Bertz CT molecular complexity index is 795. The Morgan fingerprint density at radius 3 is 2.48 bits per heavy atom. The van der Waals surface area contributed by atoms with Crippen LogP contribution in [0, 0.1) is 23.0 Å². The standard InChI is InChI=1S/C17H15F2N3O/c1-4-21-15-8-5-11(9-16(15)22(2)3)23-17-12(10-20)13(18)6-7-14(17)19/h4-9H,1-3H3. The first-order chi connectivity index (χ1) is 11.0. The summed E-state index contributed by atoms with van der Waals surface area (Å²) in [6, 6.07) is 8.37. The molecule has 0 saturated carbocycles. The average molecular weight is 315 g/mol. The van der Waals surface area contributed by atoms with E-state index in [4.69, 9.17) is 10.00 Å². The number of aliphatic imine (C=N–C) groups is 1. The fourth-order valence-corrected chi connectivity index (χ4v) is 2.03. The van der Waals surface area contributed by atoms with Crippen LogP contribution in [0.1, 0.15) is 12.5 Å². The lowest BCUT2D eigenvalue weighted by Crippen LogP contribution is -2.09.